The molecule has 1 aromatic carbocycles. The zero-order valence-corrected chi connectivity index (χ0v) is 15.1. The number of hydrogen-bond acceptors (Lipinski definition) is 8. The molecule has 0 aliphatic rings. The van der Waals surface area contributed by atoms with E-state index in [1.54, 1.807) is 20.8 Å². The number of aromatic hydroxyl groups is 2. The maximum atomic E-state index is 12.0. The molecule has 0 saturated heterocycles. The quantitative estimate of drug-likeness (QED) is 0.485. The van der Waals surface area contributed by atoms with Crippen molar-refractivity contribution in [1.82, 2.24) is 0 Å². The lowest BCUT2D eigenvalue weighted by atomic mass is 10.1. The Morgan fingerprint density at radius 1 is 1.12 bits per heavy atom. The van der Waals surface area contributed by atoms with Gasteiger partial charge in [0.05, 0.1) is 6.61 Å². The molecule has 0 heterocycles. The molecule has 3 atom stereocenters. The third-order valence-corrected chi connectivity index (χ3v) is 3.31. The molecule has 0 fully saturated rings. The van der Waals surface area contributed by atoms with Gasteiger partial charge < -0.3 is 30.2 Å². The molecule has 25 heavy (non-hydrogen) atoms. The highest BCUT2D eigenvalue weighted by atomic mass is 35.5. The summed E-state index contributed by atoms with van der Waals surface area (Å²) in [4.78, 5) is 23.2. The average molecular weight is 378 g/mol. The first-order valence-corrected chi connectivity index (χ1v) is 7.54. The summed E-state index contributed by atoms with van der Waals surface area (Å²) in [5.41, 5.74) is 6.35. The minimum absolute atomic E-state index is 0. The van der Waals surface area contributed by atoms with Gasteiger partial charge in [0.15, 0.2) is 11.5 Å². The normalized spacial score (nSPS) is 13.8. The molecule has 0 aliphatic carbocycles. The van der Waals surface area contributed by atoms with E-state index in [1.165, 1.54) is 18.2 Å². The molecule has 0 aromatic heterocycles. The number of rotatable bonds is 7. The van der Waals surface area contributed by atoms with Crippen molar-refractivity contribution in [2.45, 2.75) is 45.4 Å². The van der Waals surface area contributed by atoms with Crippen molar-refractivity contribution in [3.8, 4) is 11.5 Å². The molecule has 0 aliphatic heterocycles. The van der Waals surface area contributed by atoms with Crippen LogP contribution in [0.1, 0.15) is 26.3 Å². The summed E-state index contributed by atoms with van der Waals surface area (Å²) >= 11 is 0. The predicted octanol–water partition coefficient (Wildman–Crippen LogP) is 1.88. The van der Waals surface area contributed by atoms with E-state index in [-0.39, 0.29) is 36.9 Å². The van der Waals surface area contributed by atoms with Crippen molar-refractivity contribution in [2.75, 3.05) is 6.61 Å². The number of benzene rings is 1. The molecule has 4 N–H and O–H groups in total. The molecule has 9 heteroatoms. The smallest absolute Gasteiger partial charge is 0.504 e. The van der Waals surface area contributed by atoms with Crippen LogP contribution >= 0.6 is 12.4 Å². The van der Waals surface area contributed by atoms with Gasteiger partial charge in [0.25, 0.3) is 0 Å². The Balaban J connectivity index is 0.00000576. The molecular weight excluding hydrogens is 354 g/mol. The lowest BCUT2D eigenvalue weighted by molar-refractivity contribution is -0.155. The standard InChI is InChI=1S/C16H23NO7.ClH/c1-4-22-16(21)24-10(3)9(2)23-15(20)12(17)7-11-5-6-13(18)14(19)8-11;/h5-6,8-10,12,18-19H,4,7,17H2,1-3H3;1H/t9-,10-,12+;/m1./s1. The van der Waals surface area contributed by atoms with Crippen molar-refractivity contribution in [1.29, 1.82) is 0 Å². The number of hydrogen-bond donors (Lipinski definition) is 3. The summed E-state index contributed by atoms with van der Waals surface area (Å²) < 4.78 is 14.8. The van der Waals surface area contributed by atoms with Gasteiger partial charge in [-0.3, -0.25) is 4.79 Å². The number of esters is 1. The summed E-state index contributed by atoms with van der Waals surface area (Å²) in [5.74, 6) is -1.22. The minimum atomic E-state index is -0.966. The Bertz CT molecular complexity index is 582. The van der Waals surface area contributed by atoms with Gasteiger partial charge in [-0.2, -0.15) is 0 Å². The van der Waals surface area contributed by atoms with Crippen molar-refractivity contribution < 1.29 is 34.0 Å². The van der Waals surface area contributed by atoms with E-state index in [0.29, 0.717) is 5.56 Å². The van der Waals surface area contributed by atoms with Crippen molar-refractivity contribution >= 4 is 24.5 Å². The summed E-state index contributed by atoms with van der Waals surface area (Å²) in [6.45, 7) is 4.97. The second-order valence-electron chi connectivity index (χ2n) is 5.28. The van der Waals surface area contributed by atoms with Crippen molar-refractivity contribution in [3.05, 3.63) is 23.8 Å². The first kappa shape index (κ1) is 22.8. The topological polar surface area (TPSA) is 128 Å². The molecule has 0 spiro atoms. The second kappa shape index (κ2) is 10.6. The van der Waals surface area contributed by atoms with Gasteiger partial charge in [-0.05, 0) is 44.9 Å². The highest BCUT2D eigenvalue weighted by Gasteiger charge is 2.24. The maximum Gasteiger partial charge on any atom is 0.508 e. The number of phenols is 2. The number of carbonyl (C=O) groups is 2. The first-order valence-electron chi connectivity index (χ1n) is 7.54. The minimum Gasteiger partial charge on any atom is -0.504 e. The first-order chi connectivity index (χ1) is 11.2. The molecule has 0 saturated carbocycles. The van der Waals surface area contributed by atoms with Gasteiger partial charge in [0.2, 0.25) is 0 Å². The van der Waals surface area contributed by atoms with Crippen LogP contribution in [0.2, 0.25) is 0 Å². The average Bonchev–Trinajstić information content (AvgIpc) is 2.50. The summed E-state index contributed by atoms with van der Waals surface area (Å²) in [5, 5.41) is 18.7. The van der Waals surface area contributed by atoms with E-state index >= 15 is 0 Å². The molecule has 1 rings (SSSR count). The van der Waals surface area contributed by atoms with Gasteiger partial charge in [0, 0.05) is 0 Å². The Labute approximate surface area is 152 Å². The molecule has 0 amide bonds. The second-order valence-corrected chi connectivity index (χ2v) is 5.28. The van der Waals surface area contributed by atoms with Crippen LogP contribution in [0.15, 0.2) is 18.2 Å². The van der Waals surface area contributed by atoms with E-state index < -0.39 is 30.4 Å². The summed E-state index contributed by atoms with van der Waals surface area (Å²) in [6, 6.07) is 3.20. The van der Waals surface area contributed by atoms with Gasteiger partial charge in [-0.15, -0.1) is 12.4 Å². The Morgan fingerprint density at radius 3 is 2.28 bits per heavy atom. The number of carbonyl (C=O) groups excluding carboxylic acids is 2. The van der Waals surface area contributed by atoms with Crippen LogP contribution < -0.4 is 5.73 Å². The van der Waals surface area contributed by atoms with Crippen LogP contribution in [0.25, 0.3) is 0 Å². The molecule has 0 radical (unpaired) electrons. The van der Waals surface area contributed by atoms with Gasteiger partial charge in [-0.1, -0.05) is 6.07 Å². The number of ether oxygens (including phenoxy) is 3. The highest BCUT2D eigenvalue weighted by molar-refractivity contribution is 5.85. The van der Waals surface area contributed by atoms with Gasteiger partial charge >= 0.3 is 12.1 Å². The van der Waals surface area contributed by atoms with Gasteiger partial charge in [-0.25, -0.2) is 4.79 Å². The van der Waals surface area contributed by atoms with E-state index in [2.05, 4.69) is 4.74 Å². The third kappa shape index (κ3) is 7.49. The fourth-order valence-corrected chi connectivity index (χ4v) is 1.80. The van der Waals surface area contributed by atoms with Gasteiger partial charge in [0.1, 0.15) is 18.2 Å². The molecule has 1 aromatic rings. The van der Waals surface area contributed by atoms with Crippen LogP contribution in [0.5, 0.6) is 11.5 Å². The molecule has 0 unspecified atom stereocenters. The Hall–Kier alpha value is -2.19. The van der Waals surface area contributed by atoms with E-state index in [1.807, 2.05) is 0 Å². The van der Waals surface area contributed by atoms with Crippen molar-refractivity contribution in [2.24, 2.45) is 5.73 Å². The molecular formula is C16H24ClNO7. The monoisotopic (exact) mass is 377 g/mol. The van der Waals surface area contributed by atoms with Crippen LogP contribution in [0, 0.1) is 0 Å². The fraction of sp³-hybridized carbons (Fsp3) is 0.500. The zero-order valence-electron chi connectivity index (χ0n) is 14.3. The lowest BCUT2D eigenvalue weighted by Gasteiger charge is -2.22. The fourth-order valence-electron chi connectivity index (χ4n) is 1.80. The Kier molecular flexibility index (Phi) is 9.70. The maximum absolute atomic E-state index is 12.0. The van der Waals surface area contributed by atoms with E-state index in [9.17, 15) is 19.8 Å². The lowest BCUT2D eigenvalue weighted by Crippen LogP contribution is -2.39. The largest absolute Gasteiger partial charge is 0.508 e. The number of halogens is 1. The number of nitrogens with two attached hydrogens (primary N) is 1. The predicted molar refractivity (Wildman–Crippen MR) is 91.8 cm³/mol. The zero-order chi connectivity index (χ0) is 18.3. The van der Waals surface area contributed by atoms with E-state index in [0.717, 1.165) is 0 Å². The van der Waals surface area contributed by atoms with Crippen LogP contribution in [0.3, 0.4) is 0 Å². The molecule has 142 valence electrons. The van der Waals surface area contributed by atoms with Crippen LogP contribution in [0.4, 0.5) is 4.79 Å². The number of phenolic OH excluding ortho intramolecular Hbond substituents is 2. The summed E-state index contributed by atoms with van der Waals surface area (Å²) in [6.07, 6.45) is -2.12. The SMILES string of the molecule is CCOC(=O)O[C@H](C)[C@@H](C)OC(=O)[C@@H](N)Cc1ccc(O)c(O)c1.Cl. The molecule has 8 nitrogen and oxygen atoms in total. The van der Waals surface area contributed by atoms with Crippen molar-refractivity contribution in [3.63, 3.8) is 0 Å². The Morgan fingerprint density at radius 2 is 1.72 bits per heavy atom. The molecule has 0 bridgehead atoms. The summed E-state index contributed by atoms with van der Waals surface area (Å²) in [7, 11) is 0. The van der Waals surface area contributed by atoms with E-state index in [4.69, 9.17) is 15.2 Å². The third-order valence-electron chi connectivity index (χ3n) is 3.31. The highest BCUT2D eigenvalue weighted by Crippen LogP contribution is 2.25. The van der Waals surface area contributed by atoms with Crippen LogP contribution in [-0.4, -0.2) is 47.2 Å². The van der Waals surface area contributed by atoms with Crippen LogP contribution in [-0.2, 0) is 25.4 Å².